The van der Waals surface area contributed by atoms with E-state index in [9.17, 15) is 4.79 Å². The summed E-state index contributed by atoms with van der Waals surface area (Å²) in [4.78, 5) is 12.2. The molecule has 19 heavy (non-hydrogen) atoms. The van der Waals surface area contributed by atoms with Gasteiger partial charge in [0, 0.05) is 25.2 Å². The standard InChI is InChI=1S/C12H19N5O2/c1-7-9(6-17(2)15-7)12(18)14-10-5-3-4-8(10)11(13)16-19/h6,8,10,19H,3-5H2,1-2H3,(H2,13,16)(H,14,18). The van der Waals surface area contributed by atoms with Crippen molar-refractivity contribution in [3.63, 3.8) is 0 Å². The lowest BCUT2D eigenvalue weighted by Crippen LogP contribution is -2.42. The number of carbonyl (C=O) groups is 1. The summed E-state index contributed by atoms with van der Waals surface area (Å²) in [7, 11) is 1.78. The summed E-state index contributed by atoms with van der Waals surface area (Å²) in [5.41, 5.74) is 6.90. The Balaban J connectivity index is 2.08. The normalized spacial score (nSPS) is 23.6. The summed E-state index contributed by atoms with van der Waals surface area (Å²) < 4.78 is 1.61. The minimum Gasteiger partial charge on any atom is -0.409 e. The highest BCUT2D eigenvalue weighted by Gasteiger charge is 2.32. The van der Waals surface area contributed by atoms with E-state index in [4.69, 9.17) is 10.9 Å². The summed E-state index contributed by atoms with van der Waals surface area (Å²) in [5.74, 6) is -0.0649. The van der Waals surface area contributed by atoms with E-state index >= 15 is 0 Å². The average Bonchev–Trinajstić information content (AvgIpc) is 2.95. The molecule has 104 valence electrons. The fourth-order valence-corrected chi connectivity index (χ4v) is 2.63. The van der Waals surface area contributed by atoms with Crippen LogP contribution in [-0.4, -0.2) is 32.8 Å². The molecule has 7 heteroatoms. The molecule has 4 N–H and O–H groups in total. The van der Waals surface area contributed by atoms with Gasteiger partial charge in [-0.3, -0.25) is 9.48 Å². The van der Waals surface area contributed by atoms with E-state index in [0.717, 1.165) is 19.3 Å². The van der Waals surface area contributed by atoms with Crippen LogP contribution in [0, 0.1) is 12.8 Å². The number of nitrogens with zero attached hydrogens (tertiary/aromatic N) is 3. The van der Waals surface area contributed by atoms with Crippen LogP contribution in [0.5, 0.6) is 0 Å². The molecule has 1 aromatic rings. The highest BCUT2D eigenvalue weighted by molar-refractivity contribution is 5.95. The highest BCUT2D eigenvalue weighted by Crippen LogP contribution is 2.26. The van der Waals surface area contributed by atoms with Gasteiger partial charge in [0.25, 0.3) is 5.91 Å². The topological polar surface area (TPSA) is 106 Å². The van der Waals surface area contributed by atoms with E-state index in [-0.39, 0.29) is 23.7 Å². The third kappa shape index (κ3) is 2.69. The summed E-state index contributed by atoms with van der Waals surface area (Å²) in [6.45, 7) is 1.80. The van der Waals surface area contributed by atoms with E-state index in [1.54, 1.807) is 24.9 Å². The van der Waals surface area contributed by atoms with Crippen LogP contribution in [0.3, 0.4) is 0 Å². The molecule has 2 atom stereocenters. The number of nitrogens with one attached hydrogen (secondary N) is 1. The van der Waals surface area contributed by atoms with Gasteiger partial charge in [0.2, 0.25) is 0 Å². The van der Waals surface area contributed by atoms with Crippen LogP contribution < -0.4 is 11.1 Å². The molecule has 0 saturated heterocycles. The van der Waals surface area contributed by atoms with Crippen LogP contribution in [0.2, 0.25) is 0 Å². The number of aromatic nitrogens is 2. The van der Waals surface area contributed by atoms with Crippen LogP contribution >= 0.6 is 0 Å². The maximum absolute atomic E-state index is 12.2. The van der Waals surface area contributed by atoms with E-state index in [2.05, 4.69) is 15.6 Å². The molecule has 1 fully saturated rings. The highest BCUT2D eigenvalue weighted by atomic mass is 16.4. The van der Waals surface area contributed by atoms with Crippen LogP contribution in [0.4, 0.5) is 0 Å². The van der Waals surface area contributed by atoms with Gasteiger partial charge in [-0.1, -0.05) is 11.6 Å². The first-order valence-corrected chi connectivity index (χ1v) is 6.31. The predicted molar refractivity (Wildman–Crippen MR) is 69.9 cm³/mol. The maximum Gasteiger partial charge on any atom is 0.254 e. The third-order valence-corrected chi connectivity index (χ3v) is 3.59. The zero-order valence-corrected chi connectivity index (χ0v) is 11.1. The van der Waals surface area contributed by atoms with Gasteiger partial charge in [0.05, 0.1) is 11.3 Å². The predicted octanol–water partition coefficient (Wildman–Crippen LogP) is 0.373. The first-order valence-electron chi connectivity index (χ1n) is 6.31. The van der Waals surface area contributed by atoms with Gasteiger partial charge in [0.1, 0.15) is 5.84 Å². The molecule has 1 aliphatic carbocycles. The fraction of sp³-hybridized carbons (Fsp3) is 0.583. The van der Waals surface area contributed by atoms with E-state index < -0.39 is 0 Å². The summed E-state index contributed by atoms with van der Waals surface area (Å²) in [6.07, 6.45) is 4.31. The largest absolute Gasteiger partial charge is 0.409 e. The second-order valence-electron chi connectivity index (χ2n) is 4.94. The van der Waals surface area contributed by atoms with Gasteiger partial charge in [-0.05, 0) is 19.8 Å². The Kier molecular flexibility index (Phi) is 3.73. The van der Waals surface area contributed by atoms with E-state index in [1.165, 1.54) is 0 Å². The van der Waals surface area contributed by atoms with Crippen LogP contribution in [0.15, 0.2) is 11.4 Å². The minimum atomic E-state index is -0.159. The molecule has 1 heterocycles. The smallest absolute Gasteiger partial charge is 0.254 e. The zero-order valence-electron chi connectivity index (χ0n) is 11.1. The number of amides is 1. The fourth-order valence-electron chi connectivity index (χ4n) is 2.63. The lowest BCUT2D eigenvalue weighted by molar-refractivity contribution is 0.0932. The molecule has 0 aromatic carbocycles. The van der Waals surface area contributed by atoms with Crippen molar-refractivity contribution in [2.45, 2.75) is 32.2 Å². The molecule has 0 aliphatic heterocycles. The molecule has 0 radical (unpaired) electrons. The van der Waals surface area contributed by atoms with Gasteiger partial charge in [-0.2, -0.15) is 5.10 Å². The molecule has 2 unspecified atom stereocenters. The van der Waals surface area contributed by atoms with Crippen molar-refractivity contribution in [2.75, 3.05) is 0 Å². The Morgan fingerprint density at radius 2 is 2.37 bits per heavy atom. The Morgan fingerprint density at radius 3 is 2.95 bits per heavy atom. The molecule has 1 aromatic heterocycles. The van der Waals surface area contributed by atoms with Crippen molar-refractivity contribution in [3.05, 3.63) is 17.5 Å². The molecular weight excluding hydrogens is 246 g/mol. The van der Waals surface area contributed by atoms with Crippen molar-refractivity contribution in [1.82, 2.24) is 15.1 Å². The zero-order chi connectivity index (χ0) is 14.0. The summed E-state index contributed by atoms with van der Waals surface area (Å²) >= 11 is 0. The van der Waals surface area contributed by atoms with Crippen molar-refractivity contribution in [1.29, 1.82) is 0 Å². The van der Waals surface area contributed by atoms with Crippen LogP contribution in [-0.2, 0) is 7.05 Å². The summed E-state index contributed by atoms with van der Waals surface area (Å²) in [5, 5.41) is 18.9. The van der Waals surface area contributed by atoms with Gasteiger partial charge in [0.15, 0.2) is 0 Å². The second-order valence-corrected chi connectivity index (χ2v) is 4.94. The number of carbonyl (C=O) groups excluding carboxylic acids is 1. The van der Waals surface area contributed by atoms with Gasteiger partial charge in [-0.25, -0.2) is 0 Å². The third-order valence-electron chi connectivity index (χ3n) is 3.59. The monoisotopic (exact) mass is 265 g/mol. The first-order chi connectivity index (χ1) is 9.02. The number of aryl methyl sites for hydroxylation is 2. The Morgan fingerprint density at radius 1 is 1.63 bits per heavy atom. The lowest BCUT2D eigenvalue weighted by atomic mass is 10.0. The SMILES string of the molecule is Cc1nn(C)cc1C(=O)NC1CCCC1/C(N)=N/O. The number of hydrogen-bond donors (Lipinski definition) is 3. The maximum atomic E-state index is 12.2. The van der Waals surface area contributed by atoms with Crippen LogP contribution in [0.1, 0.15) is 35.3 Å². The summed E-state index contributed by atoms with van der Waals surface area (Å²) in [6, 6.07) is -0.0805. The molecule has 0 bridgehead atoms. The molecule has 1 aliphatic rings. The Hall–Kier alpha value is -2.05. The number of hydrogen-bond acceptors (Lipinski definition) is 4. The van der Waals surface area contributed by atoms with Crippen molar-refractivity contribution < 1.29 is 10.0 Å². The number of amidine groups is 1. The number of oxime groups is 1. The lowest BCUT2D eigenvalue weighted by Gasteiger charge is -2.19. The first kappa shape index (κ1) is 13.4. The van der Waals surface area contributed by atoms with Gasteiger partial charge in [-0.15, -0.1) is 0 Å². The molecule has 7 nitrogen and oxygen atoms in total. The van der Waals surface area contributed by atoms with Crippen molar-refractivity contribution in [2.24, 2.45) is 23.9 Å². The van der Waals surface area contributed by atoms with Crippen LogP contribution in [0.25, 0.3) is 0 Å². The van der Waals surface area contributed by atoms with Gasteiger partial charge < -0.3 is 16.3 Å². The molecule has 2 rings (SSSR count). The number of nitrogens with two attached hydrogens (primary N) is 1. The second kappa shape index (κ2) is 5.29. The quantitative estimate of drug-likeness (QED) is 0.318. The Labute approximate surface area is 111 Å². The number of rotatable bonds is 3. The van der Waals surface area contributed by atoms with Crippen molar-refractivity contribution >= 4 is 11.7 Å². The molecule has 1 saturated carbocycles. The van der Waals surface area contributed by atoms with E-state index in [0.29, 0.717) is 11.3 Å². The molecule has 1 amide bonds. The van der Waals surface area contributed by atoms with E-state index in [1.807, 2.05) is 0 Å². The van der Waals surface area contributed by atoms with Crippen molar-refractivity contribution in [3.8, 4) is 0 Å². The molecule has 0 spiro atoms. The minimum absolute atomic E-state index is 0.0805. The van der Waals surface area contributed by atoms with Gasteiger partial charge >= 0.3 is 0 Å². The Bertz CT molecular complexity index is 508. The average molecular weight is 265 g/mol. The molecular formula is C12H19N5O2.